The minimum absolute atomic E-state index is 0. The highest BCUT2D eigenvalue weighted by Gasteiger charge is 1.93. The summed E-state index contributed by atoms with van der Waals surface area (Å²) in [6.07, 6.45) is 1.87. The molecule has 0 unspecified atom stereocenters. The van der Waals surface area contributed by atoms with Gasteiger partial charge in [0.15, 0.2) is 0 Å². The Labute approximate surface area is 63.8 Å². The summed E-state index contributed by atoms with van der Waals surface area (Å²) in [7, 11) is 1.95. The van der Waals surface area contributed by atoms with E-state index in [-0.39, 0.29) is 4.70 Å². The summed E-state index contributed by atoms with van der Waals surface area (Å²) < 4.78 is 1.87. The van der Waals surface area contributed by atoms with E-state index in [0.29, 0.717) is 0 Å². The molecule has 11 heavy (non-hydrogen) atoms. The first-order chi connectivity index (χ1) is 4.88. The molecule has 0 N–H and O–H groups in total. The van der Waals surface area contributed by atoms with Gasteiger partial charge in [0.25, 0.3) is 0 Å². The van der Waals surface area contributed by atoms with E-state index in [1.165, 1.54) is 10.9 Å². The van der Waals surface area contributed by atoms with Crippen LogP contribution in [-0.2, 0) is 7.05 Å². The Bertz CT molecular complexity index is 354. The van der Waals surface area contributed by atoms with E-state index < -0.39 is 0 Å². The van der Waals surface area contributed by atoms with Crippen molar-refractivity contribution in [3.63, 3.8) is 0 Å². The van der Waals surface area contributed by atoms with Gasteiger partial charge in [0.05, 0.1) is 11.7 Å². The Morgan fingerprint density at radius 3 is 2.73 bits per heavy atom. The predicted octanol–water partition coefficient (Wildman–Crippen LogP) is 1.73. The van der Waals surface area contributed by atoms with E-state index in [2.05, 4.69) is 17.2 Å². The zero-order valence-electron chi connectivity index (χ0n) is 6.19. The number of hydrogen-bond acceptors (Lipinski definition) is 1. The van der Waals surface area contributed by atoms with Crippen LogP contribution < -0.4 is 0 Å². The van der Waals surface area contributed by atoms with Crippen molar-refractivity contribution in [2.24, 2.45) is 7.05 Å². The molecule has 0 spiro atoms. The summed E-state index contributed by atoms with van der Waals surface area (Å²) in [4.78, 5) is 0. The van der Waals surface area contributed by atoms with Gasteiger partial charge in [-0.3, -0.25) is 9.39 Å². The topological polar surface area (TPSA) is 17.8 Å². The lowest BCUT2D eigenvalue weighted by atomic mass is 10.3. The van der Waals surface area contributed by atoms with Crippen LogP contribution in [0, 0.1) is 0 Å². The van der Waals surface area contributed by atoms with E-state index >= 15 is 0 Å². The highest BCUT2D eigenvalue weighted by atomic mass is 19.0. The van der Waals surface area contributed by atoms with Gasteiger partial charge in [0.1, 0.15) is 0 Å². The van der Waals surface area contributed by atoms with Gasteiger partial charge >= 0.3 is 0 Å². The molecule has 0 aliphatic carbocycles. The van der Waals surface area contributed by atoms with Crippen LogP contribution >= 0.6 is 0 Å². The Morgan fingerprint density at radius 2 is 2.00 bits per heavy atom. The van der Waals surface area contributed by atoms with E-state index in [1.54, 1.807) is 0 Å². The lowest BCUT2D eigenvalue weighted by Gasteiger charge is -1.90. The number of aromatic nitrogens is 2. The summed E-state index contributed by atoms with van der Waals surface area (Å²) in [5.74, 6) is 0. The molecular formula is C8H9FN2. The largest absolute Gasteiger partial charge is 0.269 e. The van der Waals surface area contributed by atoms with Crippen LogP contribution in [0.5, 0.6) is 0 Å². The summed E-state index contributed by atoms with van der Waals surface area (Å²) in [5.41, 5.74) is 1.18. The van der Waals surface area contributed by atoms with Gasteiger partial charge in [-0.15, -0.1) is 0 Å². The van der Waals surface area contributed by atoms with Crippen molar-refractivity contribution in [2.75, 3.05) is 0 Å². The highest BCUT2D eigenvalue weighted by Crippen LogP contribution is 2.09. The molecule has 58 valence electrons. The van der Waals surface area contributed by atoms with Crippen molar-refractivity contribution in [2.45, 2.75) is 0 Å². The predicted molar refractivity (Wildman–Crippen MR) is 43.2 cm³/mol. The van der Waals surface area contributed by atoms with E-state index in [4.69, 9.17) is 0 Å². The third-order valence-corrected chi connectivity index (χ3v) is 1.66. The molecule has 0 aliphatic rings. The standard InChI is InChI=1S/C8H8N2.FH/c1-10-8-5-3-2-4-7(8)6-9-10;/h2-6H,1H3;1H. The van der Waals surface area contributed by atoms with E-state index in [1.807, 2.05) is 30.1 Å². The second-order valence-corrected chi connectivity index (χ2v) is 2.33. The van der Waals surface area contributed by atoms with Gasteiger partial charge in [0.2, 0.25) is 0 Å². The molecule has 0 amide bonds. The summed E-state index contributed by atoms with van der Waals surface area (Å²) in [5, 5.41) is 5.31. The number of rotatable bonds is 0. The van der Waals surface area contributed by atoms with Gasteiger partial charge in [-0.05, 0) is 6.07 Å². The first-order valence-electron chi connectivity index (χ1n) is 3.25. The molecule has 2 aromatic rings. The molecule has 3 heteroatoms. The first-order valence-corrected chi connectivity index (χ1v) is 3.25. The van der Waals surface area contributed by atoms with Gasteiger partial charge in [-0.1, -0.05) is 18.2 Å². The number of nitrogens with zero attached hydrogens (tertiary/aromatic N) is 2. The normalized spacial score (nSPS) is 9.55. The monoisotopic (exact) mass is 152 g/mol. The molecule has 0 fully saturated rings. The number of aryl methyl sites for hydroxylation is 1. The first kappa shape index (κ1) is 7.72. The van der Waals surface area contributed by atoms with Gasteiger partial charge < -0.3 is 0 Å². The molecule has 0 atom stereocenters. The minimum Gasteiger partial charge on any atom is -0.269 e. The van der Waals surface area contributed by atoms with Crippen LogP contribution in [0.15, 0.2) is 30.5 Å². The average Bonchev–Trinajstić information content (AvgIpc) is 2.34. The van der Waals surface area contributed by atoms with Crippen LogP contribution in [0.4, 0.5) is 4.70 Å². The Balaban J connectivity index is 0.000000605. The lowest BCUT2D eigenvalue weighted by molar-refractivity contribution is 0.797. The molecule has 1 heterocycles. The van der Waals surface area contributed by atoms with Crippen LogP contribution in [0.3, 0.4) is 0 Å². The molecule has 0 aliphatic heterocycles. The van der Waals surface area contributed by atoms with Gasteiger partial charge in [-0.25, -0.2) is 0 Å². The van der Waals surface area contributed by atoms with Crippen LogP contribution in [0.2, 0.25) is 0 Å². The number of para-hydroxylation sites is 1. The molecule has 0 radical (unpaired) electrons. The zero-order chi connectivity index (χ0) is 6.97. The lowest BCUT2D eigenvalue weighted by Crippen LogP contribution is -1.87. The second-order valence-electron chi connectivity index (χ2n) is 2.33. The number of halogens is 1. The third-order valence-electron chi connectivity index (χ3n) is 1.66. The van der Waals surface area contributed by atoms with E-state index in [9.17, 15) is 0 Å². The Hall–Kier alpha value is -1.38. The van der Waals surface area contributed by atoms with Crippen molar-refractivity contribution >= 4 is 10.9 Å². The molecule has 1 aromatic carbocycles. The van der Waals surface area contributed by atoms with E-state index in [0.717, 1.165) is 0 Å². The van der Waals surface area contributed by atoms with Gasteiger partial charge in [0, 0.05) is 12.4 Å². The van der Waals surface area contributed by atoms with Crippen molar-refractivity contribution in [1.29, 1.82) is 0 Å². The molecule has 0 saturated heterocycles. The maximum atomic E-state index is 4.11. The molecule has 0 bridgehead atoms. The maximum Gasteiger partial charge on any atom is 0.0679 e. The molecule has 1 aromatic heterocycles. The summed E-state index contributed by atoms with van der Waals surface area (Å²) in [6, 6.07) is 8.15. The number of fused-ring (bicyclic) bond motifs is 1. The third kappa shape index (κ3) is 1.09. The van der Waals surface area contributed by atoms with Gasteiger partial charge in [-0.2, -0.15) is 5.10 Å². The quantitative estimate of drug-likeness (QED) is 0.562. The maximum absolute atomic E-state index is 4.11. The van der Waals surface area contributed by atoms with Crippen LogP contribution in [0.25, 0.3) is 10.9 Å². The molecular weight excluding hydrogens is 143 g/mol. The average molecular weight is 152 g/mol. The Morgan fingerprint density at radius 1 is 1.27 bits per heavy atom. The second kappa shape index (κ2) is 2.70. The fourth-order valence-corrected chi connectivity index (χ4v) is 1.10. The molecule has 2 rings (SSSR count). The van der Waals surface area contributed by atoms with Crippen molar-refractivity contribution < 1.29 is 4.70 Å². The van der Waals surface area contributed by atoms with Crippen LogP contribution in [-0.4, -0.2) is 9.78 Å². The fourth-order valence-electron chi connectivity index (χ4n) is 1.10. The number of benzene rings is 1. The zero-order valence-corrected chi connectivity index (χ0v) is 6.19. The summed E-state index contributed by atoms with van der Waals surface area (Å²) in [6.45, 7) is 0. The van der Waals surface area contributed by atoms with Crippen molar-refractivity contribution in [1.82, 2.24) is 9.78 Å². The van der Waals surface area contributed by atoms with Crippen molar-refractivity contribution in [3.05, 3.63) is 30.5 Å². The summed E-state index contributed by atoms with van der Waals surface area (Å²) >= 11 is 0. The molecule has 2 nitrogen and oxygen atoms in total. The van der Waals surface area contributed by atoms with Crippen LogP contribution in [0.1, 0.15) is 0 Å². The molecule has 0 saturated carbocycles. The highest BCUT2D eigenvalue weighted by molar-refractivity contribution is 5.78. The minimum atomic E-state index is 0. The Kier molecular flexibility index (Phi) is 1.89. The smallest absolute Gasteiger partial charge is 0.0679 e. The number of hydrogen-bond donors (Lipinski definition) is 0. The fraction of sp³-hybridized carbons (Fsp3) is 0.125. The SMILES string of the molecule is Cn1ncc2ccccc21.F. The van der Waals surface area contributed by atoms with Crippen molar-refractivity contribution in [3.8, 4) is 0 Å².